The van der Waals surface area contributed by atoms with Crippen LogP contribution in [-0.4, -0.2) is 61.8 Å². The molecule has 0 amide bonds. The number of anilines is 1. The number of piperidine rings is 1. The summed E-state index contributed by atoms with van der Waals surface area (Å²) >= 11 is 0. The summed E-state index contributed by atoms with van der Waals surface area (Å²) < 4.78 is 5.33. The fourth-order valence-corrected chi connectivity index (χ4v) is 5.50. The van der Waals surface area contributed by atoms with Crippen molar-refractivity contribution in [2.75, 3.05) is 19.1 Å². The number of aromatic hydroxyl groups is 1. The molecule has 4 heterocycles. The van der Waals surface area contributed by atoms with Gasteiger partial charge in [0, 0.05) is 35.8 Å². The molecule has 5 rings (SSSR count). The highest BCUT2D eigenvalue weighted by Gasteiger charge is 2.49. The fourth-order valence-electron chi connectivity index (χ4n) is 5.50. The lowest BCUT2D eigenvalue weighted by Crippen LogP contribution is -2.58. The van der Waals surface area contributed by atoms with Crippen LogP contribution in [0.5, 0.6) is 11.5 Å². The normalized spacial score (nSPS) is 25.9. The molecule has 1 aromatic carbocycles. The van der Waals surface area contributed by atoms with Crippen LogP contribution in [-0.2, 0) is 0 Å². The Morgan fingerprint density at radius 3 is 2.41 bits per heavy atom. The Kier molecular flexibility index (Phi) is 5.39. The molecule has 178 valence electrons. The van der Waals surface area contributed by atoms with Gasteiger partial charge >= 0.3 is 0 Å². The van der Waals surface area contributed by atoms with Gasteiger partial charge in [-0.1, -0.05) is 6.07 Å². The van der Waals surface area contributed by atoms with Crippen LogP contribution in [0.1, 0.15) is 45.2 Å². The van der Waals surface area contributed by atoms with E-state index in [4.69, 9.17) is 4.74 Å². The van der Waals surface area contributed by atoms with E-state index in [0.717, 1.165) is 24.2 Å². The number of nitrogens with one attached hydrogen (secondary N) is 1. The average molecular weight is 462 g/mol. The van der Waals surface area contributed by atoms with Gasteiger partial charge in [0.2, 0.25) is 0 Å². The molecule has 0 spiro atoms. The minimum atomic E-state index is 0.0533. The Morgan fingerprint density at radius 1 is 1.06 bits per heavy atom. The molecule has 2 aliphatic rings. The van der Waals surface area contributed by atoms with Crippen molar-refractivity contribution in [3.8, 4) is 34.1 Å². The summed E-state index contributed by atoms with van der Waals surface area (Å²) in [5, 5.41) is 31.6. The van der Waals surface area contributed by atoms with Crippen LogP contribution in [0, 0.1) is 6.92 Å². The molecule has 3 aromatic rings. The Bertz CT molecular complexity index is 1200. The van der Waals surface area contributed by atoms with Gasteiger partial charge in [0.25, 0.3) is 0 Å². The highest BCUT2D eigenvalue weighted by Crippen LogP contribution is 2.43. The van der Waals surface area contributed by atoms with Gasteiger partial charge in [-0.3, -0.25) is 0 Å². The van der Waals surface area contributed by atoms with Crippen LogP contribution < -0.4 is 15.0 Å². The highest BCUT2D eigenvalue weighted by atomic mass is 16.5. The number of phenols is 1. The predicted molar refractivity (Wildman–Crippen MR) is 130 cm³/mol. The van der Waals surface area contributed by atoms with E-state index in [-0.39, 0.29) is 16.8 Å². The van der Waals surface area contributed by atoms with Gasteiger partial charge in [0.15, 0.2) is 11.6 Å². The second-order valence-corrected chi connectivity index (χ2v) is 10.2. The zero-order valence-electron chi connectivity index (χ0n) is 20.3. The number of methoxy groups -OCH3 is 1. The Hall–Kier alpha value is -3.33. The summed E-state index contributed by atoms with van der Waals surface area (Å²) in [7, 11) is 3.66. The number of rotatable bonds is 5. The van der Waals surface area contributed by atoms with Crippen molar-refractivity contribution in [3.05, 3.63) is 36.2 Å². The summed E-state index contributed by atoms with van der Waals surface area (Å²) in [6, 6.07) is 7.42. The van der Waals surface area contributed by atoms with E-state index in [1.54, 1.807) is 31.5 Å². The Labute approximate surface area is 199 Å². The van der Waals surface area contributed by atoms with Crippen molar-refractivity contribution in [1.29, 1.82) is 0 Å². The lowest BCUT2D eigenvalue weighted by Gasteiger charge is -2.45. The van der Waals surface area contributed by atoms with Gasteiger partial charge in [0.05, 0.1) is 24.6 Å². The molecule has 0 aliphatic carbocycles. The molecule has 2 saturated heterocycles. The van der Waals surface area contributed by atoms with Crippen molar-refractivity contribution >= 4 is 5.82 Å². The topological polar surface area (TPSA) is 109 Å². The first kappa shape index (κ1) is 22.5. The van der Waals surface area contributed by atoms with E-state index < -0.39 is 0 Å². The third-order valence-corrected chi connectivity index (χ3v) is 7.35. The maximum atomic E-state index is 10.7. The van der Waals surface area contributed by atoms with Gasteiger partial charge < -0.3 is 20.1 Å². The van der Waals surface area contributed by atoms with Crippen molar-refractivity contribution in [3.63, 3.8) is 0 Å². The molecule has 0 saturated carbocycles. The van der Waals surface area contributed by atoms with E-state index in [1.165, 1.54) is 12.8 Å². The van der Waals surface area contributed by atoms with E-state index in [9.17, 15) is 5.11 Å². The van der Waals surface area contributed by atoms with Gasteiger partial charge in [-0.15, -0.1) is 15.3 Å². The minimum Gasteiger partial charge on any atom is -0.507 e. The summed E-state index contributed by atoms with van der Waals surface area (Å²) in [5.41, 5.74) is 2.89. The number of nitrogens with zero attached hydrogens (tertiary/aromatic N) is 6. The molecule has 0 unspecified atom stereocenters. The number of hydrogen-bond acceptors (Lipinski definition) is 9. The standard InChI is InChI=1S/C25H31N7O2/c1-15-21(34-5)11-19(28-27-15)16-6-7-18(20(33)10-16)23-26-14-22(29-30-23)32(4)17-12-24(2)8-9-25(3,13-17)31-24/h6-7,10-11,14,17,31,33H,8-9,12-13H2,1-5H3/t17-,24-,25+. The van der Waals surface area contributed by atoms with Gasteiger partial charge in [-0.2, -0.15) is 5.10 Å². The highest BCUT2D eigenvalue weighted by molar-refractivity contribution is 5.71. The third-order valence-electron chi connectivity index (χ3n) is 7.35. The van der Waals surface area contributed by atoms with Gasteiger partial charge in [0.1, 0.15) is 17.2 Å². The summed E-state index contributed by atoms with van der Waals surface area (Å²) in [6.07, 6.45) is 6.27. The SMILES string of the molecule is COc1cc(-c2ccc(-c3ncc(N(C)[C@H]4C[C@]5(C)CC[C@](C)(C4)N5)nn3)c(O)c2)nnc1C. The molecule has 0 radical (unpaired) electrons. The quantitative estimate of drug-likeness (QED) is 0.590. The first-order valence-corrected chi connectivity index (χ1v) is 11.6. The number of ether oxygens (including phenoxy) is 1. The maximum absolute atomic E-state index is 10.7. The molecule has 9 nitrogen and oxygen atoms in total. The first-order valence-electron chi connectivity index (χ1n) is 11.6. The zero-order valence-corrected chi connectivity index (χ0v) is 20.3. The third kappa shape index (κ3) is 4.04. The number of benzene rings is 1. The summed E-state index contributed by atoms with van der Waals surface area (Å²) in [4.78, 5) is 6.71. The van der Waals surface area contributed by atoms with Crippen LogP contribution >= 0.6 is 0 Å². The second kappa shape index (κ2) is 8.16. The van der Waals surface area contributed by atoms with Crippen molar-refractivity contribution in [1.82, 2.24) is 30.7 Å². The number of hydrogen-bond donors (Lipinski definition) is 2. The fraction of sp³-hybridized carbons (Fsp3) is 0.480. The second-order valence-electron chi connectivity index (χ2n) is 10.2. The summed E-state index contributed by atoms with van der Waals surface area (Å²) in [6.45, 7) is 6.46. The molecule has 2 bridgehead atoms. The van der Waals surface area contributed by atoms with Crippen LogP contribution in [0.3, 0.4) is 0 Å². The first-order chi connectivity index (χ1) is 16.2. The van der Waals surface area contributed by atoms with Crippen LogP contribution in [0.15, 0.2) is 30.5 Å². The molecule has 34 heavy (non-hydrogen) atoms. The number of phenolic OH excluding ortho intramolecular Hbond substituents is 1. The van der Waals surface area contributed by atoms with Crippen LogP contribution in [0.2, 0.25) is 0 Å². The molecular formula is C25H31N7O2. The van der Waals surface area contributed by atoms with Crippen molar-refractivity contribution in [2.45, 2.75) is 63.6 Å². The predicted octanol–water partition coefficient (Wildman–Crippen LogP) is 3.52. The smallest absolute Gasteiger partial charge is 0.185 e. The Balaban J connectivity index is 1.35. The molecule has 2 aliphatic heterocycles. The maximum Gasteiger partial charge on any atom is 0.185 e. The van der Waals surface area contributed by atoms with Gasteiger partial charge in [-0.05, 0) is 58.6 Å². The number of fused-ring (bicyclic) bond motifs is 2. The molecule has 9 heteroatoms. The van der Waals surface area contributed by atoms with Crippen molar-refractivity contribution in [2.24, 2.45) is 0 Å². The monoisotopic (exact) mass is 461 g/mol. The Morgan fingerprint density at radius 2 is 1.79 bits per heavy atom. The molecular weight excluding hydrogens is 430 g/mol. The molecule has 2 N–H and O–H groups in total. The number of aromatic nitrogens is 5. The van der Waals surface area contributed by atoms with E-state index in [0.29, 0.717) is 34.6 Å². The van der Waals surface area contributed by atoms with E-state index >= 15 is 0 Å². The van der Waals surface area contributed by atoms with Crippen molar-refractivity contribution < 1.29 is 9.84 Å². The molecule has 2 aromatic heterocycles. The average Bonchev–Trinajstić information content (AvgIpc) is 3.05. The summed E-state index contributed by atoms with van der Waals surface area (Å²) in [5.74, 6) is 1.81. The zero-order chi connectivity index (χ0) is 24.1. The van der Waals surface area contributed by atoms with Crippen LogP contribution in [0.4, 0.5) is 5.82 Å². The largest absolute Gasteiger partial charge is 0.507 e. The molecule has 3 atom stereocenters. The van der Waals surface area contributed by atoms with Crippen LogP contribution in [0.25, 0.3) is 22.6 Å². The molecule has 2 fully saturated rings. The van der Waals surface area contributed by atoms with E-state index in [2.05, 4.69) is 56.5 Å². The number of aryl methyl sites for hydroxylation is 1. The van der Waals surface area contributed by atoms with Gasteiger partial charge in [-0.25, -0.2) is 4.98 Å². The minimum absolute atomic E-state index is 0.0533. The lowest BCUT2D eigenvalue weighted by molar-refractivity contribution is 0.207. The lowest BCUT2D eigenvalue weighted by atomic mass is 9.84. The van der Waals surface area contributed by atoms with E-state index in [1.807, 2.05) is 13.0 Å².